The van der Waals surface area contributed by atoms with E-state index in [1.165, 1.54) is 18.4 Å². The van der Waals surface area contributed by atoms with Gasteiger partial charge in [0.25, 0.3) is 11.8 Å². The lowest BCUT2D eigenvalue weighted by atomic mass is 9.98. The topological polar surface area (TPSA) is 108 Å². The third kappa shape index (κ3) is 4.39. The van der Waals surface area contributed by atoms with Gasteiger partial charge in [-0.25, -0.2) is 0 Å². The number of ether oxygens (including phenoxy) is 1. The first-order valence-electron chi connectivity index (χ1n) is 13.4. The predicted molar refractivity (Wildman–Crippen MR) is 139 cm³/mol. The molecule has 2 aromatic rings. The van der Waals surface area contributed by atoms with Gasteiger partial charge in [0.1, 0.15) is 6.04 Å². The average Bonchev–Trinajstić information content (AvgIpc) is 3.30. The molecule has 3 saturated heterocycles. The van der Waals surface area contributed by atoms with Crippen molar-refractivity contribution in [3.63, 3.8) is 0 Å². The van der Waals surface area contributed by atoms with Gasteiger partial charge in [0.05, 0.1) is 17.2 Å². The second-order valence-electron chi connectivity index (χ2n) is 10.7. The van der Waals surface area contributed by atoms with E-state index in [-0.39, 0.29) is 29.9 Å². The van der Waals surface area contributed by atoms with E-state index in [1.807, 2.05) is 7.11 Å². The summed E-state index contributed by atoms with van der Waals surface area (Å²) >= 11 is 0. The number of nitrogens with zero attached hydrogens (tertiary/aromatic N) is 2. The van der Waals surface area contributed by atoms with Crippen molar-refractivity contribution in [3.8, 4) is 0 Å². The number of imide groups is 2. The Morgan fingerprint density at radius 3 is 2.32 bits per heavy atom. The number of hydrogen-bond donors (Lipinski definition) is 2. The summed E-state index contributed by atoms with van der Waals surface area (Å²) in [6.07, 6.45) is 5.33. The number of benzene rings is 2. The lowest BCUT2D eigenvalue weighted by Crippen LogP contribution is -2.54. The average molecular weight is 517 g/mol. The maximum Gasteiger partial charge on any atom is 0.264 e. The van der Waals surface area contributed by atoms with Crippen molar-refractivity contribution in [2.45, 2.75) is 75.8 Å². The molecule has 4 aliphatic rings. The van der Waals surface area contributed by atoms with Crippen molar-refractivity contribution in [2.75, 3.05) is 12.4 Å². The summed E-state index contributed by atoms with van der Waals surface area (Å²) in [4.78, 5) is 53.8. The number of carbonyl (C=O) groups excluding carboxylic acids is 4. The number of hydrogen-bond acceptors (Lipinski definition) is 7. The van der Waals surface area contributed by atoms with Crippen LogP contribution in [0.15, 0.2) is 42.5 Å². The van der Waals surface area contributed by atoms with Gasteiger partial charge in [-0.2, -0.15) is 0 Å². The van der Waals surface area contributed by atoms with E-state index >= 15 is 0 Å². The zero-order valence-electron chi connectivity index (χ0n) is 21.4. The summed E-state index contributed by atoms with van der Waals surface area (Å²) in [5.74, 6) is -2.01. The van der Waals surface area contributed by atoms with Crippen molar-refractivity contribution in [3.05, 3.63) is 64.7 Å². The van der Waals surface area contributed by atoms with Crippen LogP contribution in [0.4, 0.5) is 5.69 Å². The third-order valence-corrected chi connectivity index (χ3v) is 8.51. The second-order valence-corrected chi connectivity index (χ2v) is 10.7. The molecule has 2 N–H and O–H groups in total. The first-order chi connectivity index (χ1) is 18.4. The molecule has 2 aromatic carbocycles. The molecule has 6 rings (SSSR count). The number of amides is 4. The highest BCUT2D eigenvalue weighted by Gasteiger charge is 2.45. The fraction of sp³-hybridized carbons (Fsp3) is 0.448. The highest BCUT2D eigenvalue weighted by Crippen LogP contribution is 2.38. The van der Waals surface area contributed by atoms with Crippen LogP contribution in [0.3, 0.4) is 0 Å². The van der Waals surface area contributed by atoms with Crippen LogP contribution < -0.4 is 10.6 Å². The molecule has 38 heavy (non-hydrogen) atoms. The van der Waals surface area contributed by atoms with Crippen molar-refractivity contribution in [2.24, 2.45) is 0 Å². The molecule has 1 unspecified atom stereocenters. The van der Waals surface area contributed by atoms with E-state index in [4.69, 9.17) is 4.74 Å². The van der Waals surface area contributed by atoms with Crippen LogP contribution in [0.5, 0.6) is 0 Å². The molecule has 9 heteroatoms. The zero-order chi connectivity index (χ0) is 26.4. The highest BCUT2D eigenvalue weighted by molar-refractivity contribution is 6.25. The standard InChI is InChI=1S/C29H32N4O5/c1-38-21-13-19-9-10-20(14-21)32(19)16-18-7-5-17(6-8-18)15-30-23-4-2-3-22-26(23)29(37)33(28(22)36)24-11-12-25(34)31-27(24)35/h2-8,19-21,24,30H,9-16H2,1H3,(H,31,34,35)/t19-,20+,21+,24?. The second kappa shape index (κ2) is 9.96. The Morgan fingerprint density at radius 1 is 0.921 bits per heavy atom. The number of carbonyl (C=O) groups is 4. The molecule has 0 saturated carbocycles. The molecule has 4 atom stereocenters. The normalized spacial score (nSPS) is 27.0. The summed E-state index contributed by atoms with van der Waals surface area (Å²) < 4.78 is 5.63. The Hall–Kier alpha value is -3.56. The molecule has 0 aromatic heterocycles. The molecule has 4 amide bonds. The van der Waals surface area contributed by atoms with Crippen molar-refractivity contribution >= 4 is 29.3 Å². The summed E-state index contributed by atoms with van der Waals surface area (Å²) in [5.41, 5.74) is 3.44. The van der Waals surface area contributed by atoms with Gasteiger partial charge in [-0.3, -0.25) is 34.3 Å². The zero-order valence-corrected chi connectivity index (χ0v) is 21.4. The Kier molecular flexibility index (Phi) is 6.49. The van der Waals surface area contributed by atoms with Gasteiger partial charge in [0.2, 0.25) is 11.8 Å². The number of fused-ring (bicyclic) bond motifs is 3. The molecular weight excluding hydrogens is 484 g/mol. The number of nitrogens with one attached hydrogen (secondary N) is 2. The van der Waals surface area contributed by atoms with E-state index in [0.29, 0.717) is 30.4 Å². The van der Waals surface area contributed by atoms with E-state index in [9.17, 15) is 19.2 Å². The third-order valence-electron chi connectivity index (χ3n) is 8.51. The van der Waals surface area contributed by atoms with Gasteiger partial charge in [-0.1, -0.05) is 30.3 Å². The first-order valence-corrected chi connectivity index (χ1v) is 13.4. The summed E-state index contributed by atoms with van der Waals surface area (Å²) in [5, 5.41) is 5.54. The number of methoxy groups -OCH3 is 1. The number of anilines is 1. The fourth-order valence-corrected chi connectivity index (χ4v) is 6.51. The van der Waals surface area contributed by atoms with Crippen LogP contribution in [0.25, 0.3) is 0 Å². The largest absolute Gasteiger partial charge is 0.381 e. The molecule has 3 fully saturated rings. The van der Waals surface area contributed by atoms with Gasteiger partial charge in [-0.15, -0.1) is 0 Å². The van der Waals surface area contributed by atoms with Crippen LogP contribution in [0, 0.1) is 0 Å². The molecule has 0 aliphatic carbocycles. The maximum atomic E-state index is 13.3. The van der Waals surface area contributed by atoms with Crippen LogP contribution in [0.2, 0.25) is 0 Å². The van der Waals surface area contributed by atoms with Gasteiger partial charge >= 0.3 is 0 Å². The van der Waals surface area contributed by atoms with Crippen LogP contribution in [-0.2, 0) is 27.4 Å². The van der Waals surface area contributed by atoms with Gasteiger partial charge in [0, 0.05) is 44.4 Å². The molecule has 9 nitrogen and oxygen atoms in total. The molecular formula is C29H32N4O5. The lowest BCUT2D eigenvalue weighted by Gasteiger charge is -2.38. The summed E-state index contributed by atoms with van der Waals surface area (Å²) in [6.45, 7) is 1.43. The van der Waals surface area contributed by atoms with Crippen molar-refractivity contribution < 1.29 is 23.9 Å². The maximum absolute atomic E-state index is 13.3. The van der Waals surface area contributed by atoms with E-state index in [1.54, 1.807) is 18.2 Å². The molecule has 198 valence electrons. The van der Waals surface area contributed by atoms with Gasteiger partial charge in [0.15, 0.2) is 0 Å². The van der Waals surface area contributed by atoms with E-state index in [2.05, 4.69) is 39.8 Å². The predicted octanol–water partition coefficient (Wildman–Crippen LogP) is 2.84. The lowest BCUT2D eigenvalue weighted by molar-refractivity contribution is -0.136. The van der Waals surface area contributed by atoms with Gasteiger partial charge < -0.3 is 10.1 Å². The SMILES string of the molecule is CO[C@H]1C[C@H]2CC[C@@H](C1)N2Cc1ccc(CNc2cccc3c2C(=O)N(C2CCC(=O)NC2=O)C3=O)cc1. The van der Waals surface area contributed by atoms with Crippen molar-refractivity contribution in [1.82, 2.24) is 15.1 Å². The number of piperidine rings is 2. The molecule has 2 bridgehead atoms. The minimum absolute atomic E-state index is 0.0949. The molecule has 4 aliphatic heterocycles. The van der Waals surface area contributed by atoms with Gasteiger partial charge in [-0.05, 0) is 55.4 Å². The van der Waals surface area contributed by atoms with E-state index < -0.39 is 23.8 Å². The minimum atomic E-state index is -0.976. The summed E-state index contributed by atoms with van der Waals surface area (Å²) in [7, 11) is 1.82. The minimum Gasteiger partial charge on any atom is -0.381 e. The fourth-order valence-electron chi connectivity index (χ4n) is 6.51. The Morgan fingerprint density at radius 2 is 1.63 bits per heavy atom. The molecule has 0 spiro atoms. The van der Waals surface area contributed by atoms with E-state index in [0.717, 1.165) is 29.8 Å². The Labute approximate surface area is 221 Å². The first kappa shape index (κ1) is 24.8. The molecule has 4 heterocycles. The quantitative estimate of drug-likeness (QED) is 0.545. The molecule has 0 radical (unpaired) electrons. The van der Waals surface area contributed by atoms with Crippen LogP contribution in [-0.4, -0.2) is 64.8 Å². The smallest absolute Gasteiger partial charge is 0.264 e. The number of rotatable bonds is 7. The van der Waals surface area contributed by atoms with Crippen molar-refractivity contribution in [1.29, 1.82) is 0 Å². The van der Waals surface area contributed by atoms with Crippen LogP contribution >= 0.6 is 0 Å². The highest BCUT2D eigenvalue weighted by atomic mass is 16.5. The monoisotopic (exact) mass is 516 g/mol. The van der Waals surface area contributed by atoms with Crippen LogP contribution in [0.1, 0.15) is 70.4 Å². The summed E-state index contributed by atoms with van der Waals surface area (Å²) in [6, 6.07) is 13.8. The Bertz CT molecular complexity index is 1280. The Balaban J connectivity index is 1.11.